The molecule has 0 saturated carbocycles. The van der Waals surface area contributed by atoms with Crippen LogP contribution in [0.15, 0.2) is 18.2 Å². The van der Waals surface area contributed by atoms with Crippen molar-refractivity contribution in [2.45, 2.75) is 26.2 Å². The Kier molecular flexibility index (Phi) is 3.01. The number of carbonyl (C=O) groups excluding carboxylic acids is 2. The molecule has 1 aliphatic heterocycles. The molecule has 106 valence electrons. The first-order chi connectivity index (χ1) is 9.54. The molecule has 0 aromatic heterocycles. The lowest BCUT2D eigenvalue weighted by Crippen LogP contribution is -2.31. The lowest BCUT2D eigenvalue weighted by molar-refractivity contribution is -0.128. The summed E-state index contributed by atoms with van der Waals surface area (Å²) in [5, 5.41) is 8.84. The van der Waals surface area contributed by atoms with Gasteiger partial charge in [-0.3, -0.25) is 14.8 Å². The molecule has 20 heavy (non-hydrogen) atoms. The summed E-state index contributed by atoms with van der Waals surface area (Å²) in [5.41, 5.74) is 4.51. The van der Waals surface area contributed by atoms with Crippen molar-refractivity contribution in [1.82, 2.24) is 10.4 Å². The standard InChI is InChI=1S/C15H18N2O3/c1-10(18)17-6-5-15(9-17)7-11-3-2-4-12(13(11)8-15)14(19)16-20/h2-4,20H,5-9H2,1H3,(H,16,19). The highest BCUT2D eigenvalue weighted by atomic mass is 16.5. The number of amides is 2. The molecule has 1 aromatic carbocycles. The van der Waals surface area contributed by atoms with Crippen LogP contribution in [0.4, 0.5) is 0 Å². The highest BCUT2D eigenvalue weighted by Gasteiger charge is 2.44. The van der Waals surface area contributed by atoms with Crippen LogP contribution in [0.1, 0.15) is 34.8 Å². The van der Waals surface area contributed by atoms with Crippen molar-refractivity contribution in [3.8, 4) is 0 Å². The third kappa shape index (κ3) is 1.98. The molecule has 1 heterocycles. The number of rotatable bonds is 1. The molecule has 1 aliphatic carbocycles. The van der Waals surface area contributed by atoms with Gasteiger partial charge in [-0.25, -0.2) is 5.48 Å². The molecule has 1 unspecified atom stereocenters. The summed E-state index contributed by atoms with van der Waals surface area (Å²) in [6.07, 6.45) is 2.68. The van der Waals surface area contributed by atoms with Crippen molar-refractivity contribution in [3.05, 3.63) is 34.9 Å². The summed E-state index contributed by atoms with van der Waals surface area (Å²) < 4.78 is 0. The lowest BCUT2D eigenvalue weighted by Gasteiger charge is -2.23. The number of hydrogen-bond donors (Lipinski definition) is 2. The van der Waals surface area contributed by atoms with E-state index < -0.39 is 5.91 Å². The van der Waals surface area contributed by atoms with Gasteiger partial charge in [0.05, 0.1) is 0 Å². The minimum absolute atomic E-state index is 0.0693. The number of benzene rings is 1. The van der Waals surface area contributed by atoms with E-state index in [1.807, 2.05) is 17.0 Å². The number of nitrogens with one attached hydrogen (secondary N) is 1. The quantitative estimate of drug-likeness (QED) is 0.596. The number of fused-ring (bicyclic) bond motifs is 1. The Balaban J connectivity index is 1.90. The van der Waals surface area contributed by atoms with Gasteiger partial charge in [0.2, 0.25) is 5.91 Å². The summed E-state index contributed by atoms with van der Waals surface area (Å²) in [6, 6.07) is 5.62. The molecule has 2 amide bonds. The predicted octanol–water partition coefficient (Wildman–Crippen LogP) is 1.14. The van der Waals surface area contributed by atoms with Crippen LogP contribution in [0.25, 0.3) is 0 Å². The van der Waals surface area contributed by atoms with E-state index in [-0.39, 0.29) is 11.3 Å². The smallest absolute Gasteiger partial charge is 0.274 e. The van der Waals surface area contributed by atoms with E-state index in [4.69, 9.17) is 5.21 Å². The van der Waals surface area contributed by atoms with Gasteiger partial charge in [0, 0.05) is 25.6 Å². The lowest BCUT2D eigenvalue weighted by atomic mass is 9.84. The highest BCUT2D eigenvalue weighted by Crippen LogP contribution is 2.44. The van der Waals surface area contributed by atoms with Crippen molar-refractivity contribution in [2.24, 2.45) is 5.41 Å². The molecule has 1 spiro atoms. The van der Waals surface area contributed by atoms with Gasteiger partial charge in [0.15, 0.2) is 0 Å². The third-order valence-corrected chi connectivity index (χ3v) is 4.62. The fourth-order valence-electron chi connectivity index (χ4n) is 3.62. The molecule has 2 N–H and O–H groups in total. The van der Waals surface area contributed by atoms with Crippen molar-refractivity contribution < 1.29 is 14.8 Å². The molecule has 5 nitrogen and oxygen atoms in total. The molecule has 1 aromatic rings. The maximum atomic E-state index is 11.7. The number of hydrogen-bond acceptors (Lipinski definition) is 3. The van der Waals surface area contributed by atoms with Crippen LogP contribution >= 0.6 is 0 Å². The minimum Gasteiger partial charge on any atom is -0.342 e. The van der Waals surface area contributed by atoms with E-state index in [1.165, 1.54) is 0 Å². The first-order valence-corrected chi connectivity index (χ1v) is 6.85. The van der Waals surface area contributed by atoms with E-state index in [1.54, 1.807) is 18.5 Å². The summed E-state index contributed by atoms with van der Waals surface area (Å²) in [5.74, 6) is -0.341. The van der Waals surface area contributed by atoms with Crippen molar-refractivity contribution in [1.29, 1.82) is 0 Å². The predicted molar refractivity (Wildman–Crippen MR) is 72.4 cm³/mol. The Labute approximate surface area is 117 Å². The number of nitrogens with zero attached hydrogens (tertiary/aromatic N) is 1. The van der Waals surface area contributed by atoms with Gasteiger partial charge < -0.3 is 4.90 Å². The van der Waals surface area contributed by atoms with Crippen LogP contribution in [0.3, 0.4) is 0 Å². The molecule has 0 bridgehead atoms. The minimum atomic E-state index is -0.458. The van der Waals surface area contributed by atoms with Crippen LogP contribution in [0, 0.1) is 5.41 Å². The van der Waals surface area contributed by atoms with Gasteiger partial charge in [-0.2, -0.15) is 0 Å². The van der Waals surface area contributed by atoms with E-state index in [0.29, 0.717) is 5.56 Å². The Morgan fingerprint density at radius 2 is 2.15 bits per heavy atom. The third-order valence-electron chi connectivity index (χ3n) is 4.62. The van der Waals surface area contributed by atoms with Gasteiger partial charge in [0.1, 0.15) is 0 Å². The summed E-state index contributed by atoms with van der Waals surface area (Å²) >= 11 is 0. The van der Waals surface area contributed by atoms with Crippen LogP contribution in [0.2, 0.25) is 0 Å². The van der Waals surface area contributed by atoms with E-state index in [2.05, 4.69) is 0 Å². The molecule has 1 saturated heterocycles. The van der Waals surface area contributed by atoms with E-state index in [9.17, 15) is 9.59 Å². The SMILES string of the molecule is CC(=O)N1CCC2(Cc3cccc(C(=O)NO)c3C2)C1. The van der Waals surface area contributed by atoms with E-state index >= 15 is 0 Å². The summed E-state index contributed by atoms with van der Waals surface area (Å²) in [4.78, 5) is 25.1. The molecule has 1 fully saturated rings. The summed E-state index contributed by atoms with van der Waals surface area (Å²) in [7, 11) is 0. The van der Waals surface area contributed by atoms with Gasteiger partial charge in [-0.05, 0) is 41.9 Å². The Morgan fingerprint density at radius 3 is 2.80 bits per heavy atom. The molecule has 2 aliphatic rings. The first-order valence-electron chi connectivity index (χ1n) is 6.85. The van der Waals surface area contributed by atoms with Crippen molar-refractivity contribution in [2.75, 3.05) is 13.1 Å². The molecular weight excluding hydrogens is 256 g/mol. The Bertz CT molecular complexity index is 584. The van der Waals surface area contributed by atoms with Gasteiger partial charge >= 0.3 is 0 Å². The zero-order chi connectivity index (χ0) is 14.3. The number of carbonyl (C=O) groups is 2. The zero-order valence-corrected chi connectivity index (χ0v) is 11.5. The fraction of sp³-hybridized carbons (Fsp3) is 0.467. The van der Waals surface area contributed by atoms with Crippen LogP contribution in [-0.2, 0) is 17.6 Å². The highest BCUT2D eigenvalue weighted by molar-refractivity contribution is 5.95. The monoisotopic (exact) mass is 274 g/mol. The van der Waals surface area contributed by atoms with Crippen LogP contribution < -0.4 is 5.48 Å². The first kappa shape index (κ1) is 13.1. The molecule has 3 rings (SSSR count). The second-order valence-corrected chi connectivity index (χ2v) is 5.93. The zero-order valence-electron chi connectivity index (χ0n) is 11.5. The summed E-state index contributed by atoms with van der Waals surface area (Å²) in [6.45, 7) is 3.16. The maximum Gasteiger partial charge on any atom is 0.274 e. The average molecular weight is 274 g/mol. The normalized spacial score (nSPS) is 24.0. The van der Waals surface area contributed by atoms with E-state index in [0.717, 1.165) is 43.5 Å². The van der Waals surface area contributed by atoms with Crippen LogP contribution in [-0.4, -0.2) is 35.0 Å². The fourth-order valence-corrected chi connectivity index (χ4v) is 3.62. The topological polar surface area (TPSA) is 69.6 Å². The average Bonchev–Trinajstić information content (AvgIpc) is 3.01. The maximum absolute atomic E-state index is 11.7. The second-order valence-electron chi connectivity index (χ2n) is 5.93. The van der Waals surface area contributed by atoms with Gasteiger partial charge in [-0.1, -0.05) is 12.1 Å². The molecular formula is C15H18N2O3. The van der Waals surface area contributed by atoms with Crippen molar-refractivity contribution in [3.63, 3.8) is 0 Å². The molecule has 1 atom stereocenters. The van der Waals surface area contributed by atoms with Crippen molar-refractivity contribution >= 4 is 11.8 Å². The number of likely N-dealkylation sites (tertiary alicyclic amines) is 1. The largest absolute Gasteiger partial charge is 0.342 e. The Morgan fingerprint density at radius 1 is 1.35 bits per heavy atom. The number of hydroxylamine groups is 1. The molecule has 5 heteroatoms. The van der Waals surface area contributed by atoms with Gasteiger partial charge in [-0.15, -0.1) is 0 Å². The Hall–Kier alpha value is -1.88. The van der Waals surface area contributed by atoms with Gasteiger partial charge in [0.25, 0.3) is 5.91 Å². The van der Waals surface area contributed by atoms with Crippen LogP contribution in [0.5, 0.6) is 0 Å². The second kappa shape index (κ2) is 4.59. The molecule has 0 radical (unpaired) electrons.